The molecule has 1 saturated heterocycles. The number of nitrogens with one attached hydrogen (secondary N) is 2. The van der Waals surface area contributed by atoms with Gasteiger partial charge in [-0.15, -0.1) is 0 Å². The summed E-state index contributed by atoms with van der Waals surface area (Å²) in [6.45, 7) is 7.50. The van der Waals surface area contributed by atoms with Crippen molar-refractivity contribution in [3.05, 3.63) is 0 Å². The number of hydrogen-bond donors (Lipinski definition) is 2. The zero-order valence-electron chi connectivity index (χ0n) is 10.9. The molecule has 2 N–H and O–H groups in total. The molecule has 0 aromatic carbocycles. The van der Waals surface area contributed by atoms with Crippen molar-refractivity contribution in [1.82, 2.24) is 10.6 Å². The molecule has 1 amide bonds. The van der Waals surface area contributed by atoms with Crippen molar-refractivity contribution in [2.24, 2.45) is 0 Å². The minimum Gasteiger partial charge on any atom is -0.351 e. The molecule has 0 radical (unpaired) electrons. The van der Waals surface area contributed by atoms with Crippen molar-refractivity contribution in [1.29, 1.82) is 0 Å². The summed E-state index contributed by atoms with van der Waals surface area (Å²) in [5.74, 6) is 0.208. The Labute approximate surface area is 99.4 Å². The van der Waals surface area contributed by atoms with Crippen LogP contribution in [-0.4, -0.2) is 24.0 Å². The smallest absolute Gasteiger partial charge is 0.220 e. The fraction of sp³-hybridized carbons (Fsp3) is 0.923. The van der Waals surface area contributed by atoms with Gasteiger partial charge in [-0.3, -0.25) is 4.79 Å². The molecule has 0 saturated carbocycles. The lowest BCUT2D eigenvalue weighted by atomic mass is 9.95. The quantitative estimate of drug-likeness (QED) is 0.729. The molecule has 0 bridgehead atoms. The Kier molecular flexibility index (Phi) is 5.26. The maximum absolute atomic E-state index is 11.8. The van der Waals surface area contributed by atoms with Crippen molar-refractivity contribution in [2.75, 3.05) is 6.54 Å². The average molecular weight is 226 g/mol. The van der Waals surface area contributed by atoms with Gasteiger partial charge in [0, 0.05) is 18.0 Å². The molecular weight excluding hydrogens is 200 g/mol. The van der Waals surface area contributed by atoms with E-state index in [1.807, 2.05) is 0 Å². The summed E-state index contributed by atoms with van der Waals surface area (Å²) in [4.78, 5) is 11.8. The van der Waals surface area contributed by atoms with Gasteiger partial charge in [-0.1, -0.05) is 13.8 Å². The topological polar surface area (TPSA) is 41.1 Å². The van der Waals surface area contributed by atoms with Crippen LogP contribution < -0.4 is 10.6 Å². The predicted molar refractivity (Wildman–Crippen MR) is 67.4 cm³/mol. The van der Waals surface area contributed by atoms with Crippen molar-refractivity contribution in [3.8, 4) is 0 Å². The van der Waals surface area contributed by atoms with Crippen molar-refractivity contribution >= 4 is 5.91 Å². The molecular formula is C13H26N2O. The van der Waals surface area contributed by atoms with Gasteiger partial charge in [0.05, 0.1) is 0 Å². The van der Waals surface area contributed by atoms with Crippen molar-refractivity contribution < 1.29 is 4.79 Å². The van der Waals surface area contributed by atoms with Crippen LogP contribution >= 0.6 is 0 Å². The molecule has 3 nitrogen and oxygen atoms in total. The van der Waals surface area contributed by atoms with Gasteiger partial charge in [0.15, 0.2) is 0 Å². The molecule has 1 unspecified atom stereocenters. The first-order valence-electron chi connectivity index (χ1n) is 6.64. The van der Waals surface area contributed by atoms with Gasteiger partial charge in [-0.05, 0) is 45.6 Å². The number of hydrogen-bond acceptors (Lipinski definition) is 2. The molecule has 94 valence electrons. The van der Waals surface area contributed by atoms with Crippen LogP contribution in [0.1, 0.15) is 59.3 Å². The Morgan fingerprint density at radius 2 is 2.12 bits per heavy atom. The minimum atomic E-state index is -0.0137. The molecule has 1 atom stereocenters. The van der Waals surface area contributed by atoms with E-state index in [0.29, 0.717) is 12.5 Å². The van der Waals surface area contributed by atoms with Gasteiger partial charge in [-0.2, -0.15) is 0 Å². The van der Waals surface area contributed by atoms with Crippen LogP contribution in [0.4, 0.5) is 0 Å². The largest absolute Gasteiger partial charge is 0.351 e. The second kappa shape index (κ2) is 6.24. The summed E-state index contributed by atoms with van der Waals surface area (Å²) in [6.07, 6.45) is 6.12. The van der Waals surface area contributed by atoms with E-state index in [0.717, 1.165) is 25.8 Å². The molecule has 0 aromatic rings. The average Bonchev–Trinajstić information content (AvgIpc) is 2.79. The maximum atomic E-state index is 11.8. The molecule has 1 fully saturated rings. The highest BCUT2D eigenvalue weighted by molar-refractivity contribution is 5.76. The van der Waals surface area contributed by atoms with E-state index in [1.54, 1.807) is 0 Å². The van der Waals surface area contributed by atoms with E-state index in [4.69, 9.17) is 0 Å². The Bertz CT molecular complexity index is 218. The Hall–Kier alpha value is -0.570. The third kappa shape index (κ3) is 4.12. The van der Waals surface area contributed by atoms with E-state index in [2.05, 4.69) is 31.4 Å². The molecule has 16 heavy (non-hydrogen) atoms. The van der Waals surface area contributed by atoms with Gasteiger partial charge >= 0.3 is 0 Å². The van der Waals surface area contributed by atoms with E-state index >= 15 is 0 Å². The van der Waals surface area contributed by atoms with Crippen LogP contribution in [0.15, 0.2) is 0 Å². The summed E-state index contributed by atoms with van der Waals surface area (Å²) < 4.78 is 0. The summed E-state index contributed by atoms with van der Waals surface area (Å²) in [5, 5.41) is 6.57. The lowest BCUT2D eigenvalue weighted by molar-refractivity contribution is -0.123. The Morgan fingerprint density at radius 3 is 2.62 bits per heavy atom. The third-order valence-electron chi connectivity index (χ3n) is 3.88. The monoisotopic (exact) mass is 226 g/mol. The van der Waals surface area contributed by atoms with E-state index in [1.165, 1.54) is 12.8 Å². The summed E-state index contributed by atoms with van der Waals surface area (Å²) >= 11 is 0. The van der Waals surface area contributed by atoms with Crippen LogP contribution in [0.2, 0.25) is 0 Å². The van der Waals surface area contributed by atoms with Crippen LogP contribution in [0.5, 0.6) is 0 Å². The van der Waals surface area contributed by atoms with Crippen molar-refractivity contribution in [3.63, 3.8) is 0 Å². The Balaban J connectivity index is 2.24. The second-order valence-corrected chi connectivity index (χ2v) is 5.15. The zero-order valence-corrected chi connectivity index (χ0v) is 10.9. The highest BCUT2D eigenvalue weighted by Gasteiger charge is 2.22. The lowest BCUT2D eigenvalue weighted by Crippen LogP contribution is -2.45. The summed E-state index contributed by atoms with van der Waals surface area (Å²) in [7, 11) is 0. The first-order chi connectivity index (χ1) is 7.59. The standard InChI is InChI=1S/C13H26N2O/c1-4-13(3,5-2)15-12(16)9-8-11-7-6-10-14-11/h11,14H,4-10H2,1-3H3,(H,15,16). The van der Waals surface area contributed by atoms with Gasteiger partial charge < -0.3 is 10.6 Å². The van der Waals surface area contributed by atoms with E-state index in [-0.39, 0.29) is 11.4 Å². The molecule has 1 aliphatic heterocycles. The van der Waals surface area contributed by atoms with Gasteiger partial charge in [0.25, 0.3) is 0 Å². The molecule has 1 rings (SSSR count). The van der Waals surface area contributed by atoms with Crippen molar-refractivity contribution in [2.45, 2.75) is 70.9 Å². The third-order valence-corrected chi connectivity index (χ3v) is 3.88. The highest BCUT2D eigenvalue weighted by atomic mass is 16.1. The van der Waals surface area contributed by atoms with Crippen LogP contribution in [-0.2, 0) is 4.79 Å². The van der Waals surface area contributed by atoms with Crippen LogP contribution in [0.3, 0.4) is 0 Å². The lowest BCUT2D eigenvalue weighted by Gasteiger charge is -2.28. The molecule has 0 aromatic heterocycles. The predicted octanol–water partition coefficient (Wildman–Crippen LogP) is 2.21. The minimum absolute atomic E-state index is 0.0137. The molecule has 0 spiro atoms. The molecule has 1 aliphatic rings. The molecule has 1 heterocycles. The number of carbonyl (C=O) groups excluding carboxylic acids is 1. The fourth-order valence-corrected chi connectivity index (χ4v) is 2.13. The van der Waals surface area contributed by atoms with Crippen LogP contribution in [0, 0.1) is 0 Å². The highest BCUT2D eigenvalue weighted by Crippen LogP contribution is 2.15. The second-order valence-electron chi connectivity index (χ2n) is 5.15. The zero-order chi connectivity index (χ0) is 12.0. The first-order valence-corrected chi connectivity index (χ1v) is 6.64. The molecule has 0 aliphatic carbocycles. The normalized spacial score (nSPS) is 21.1. The van der Waals surface area contributed by atoms with E-state index < -0.39 is 0 Å². The number of amides is 1. The summed E-state index contributed by atoms with van der Waals surface area (Å²) in [5.41, 5.74) is -0.0137. The van der Waals surface area contributed by atoms with Gasteiger partial charge in [-0.25, -0.2) is 0 Å². The number of carbonyl (C=O) groups is 1. The maximum Gasteiger partial charge on any atom is 0.220 e. The first kappa shape index (κ1) is 13.5. The van der Waals surface area contributed by atoms with Crippen LogP contribution in [0.25, 0.3) is 0 Å². The molecule has 3 heteroatoms. The number of rotatable bonds is 6. The summed E-state index contributed by atoms with van der Waals surface area (Å²) in [6, 6.07) is 0.570. The Morgan fingerprint density at radius 1 is 1.44 bits per heavy atom. The SMILES string of the molecule is CCC(C)(CC)NC(=O)CCC1CCCN1. The van der Waals surface area contributed by atoms with Gasteiger partial charge in [0.1, 0.15) is 0 Å². The van der Waals surface area contributed by atoms with E-state index in [9.17, 15) is 4.79 Å². The van der Waals surface area contributed by atoms with Gasteiger partial charge in [0.2, 0.25) is 5.91 Å². The fourth-order valence-electron chi connectivity index (χ4n) is 2.13.